The Balaban J connectivity index is 2.37. The Hall–Kier alpha value is -1.03. The molecule has 0 spiro atoms. The van der Waals surface area contributed by atoms with Crippen molar-refractivity contribution in [3.63, 3.8) is 0 Å². The Labute approximate surface area is 77.7 Å². The second-order valence-corrected chi connectivity index (χ2v) is 3.00. The van der Waals surface area contributed by atoms with Crippen LogP contribution in [0.15, 0.2) is 17.2 Å². The van der Waals surface area contributed by atoms with E-state index in [1.54, 1.807) is 28.6 Å². The molecule has 13 heavy (non-hydrogen) atoms. The lowest BCUT2D eigenvalue weighted by molar-refractivity contribution is 0.126. The van der Waals surface area contributed by atoms with Gasteiger partial charge in [0.15, 0.2) is 0 Å². The third-order valence-electron chi connectivity index (χ3n) is 1.84. The van der Waals surface area contributed by atoms with E-state index >= 15 is 0 Å². The highest BCUT2D eigenvalue weighted by molar-refractivity contribution is 4.79. The van der Waals surface area contributed by atoms with Gasteiger partial charge in [-0.05, 0) is 6.42 Å². The molecular formula is C9H16N2O2. The predicted molar refractivity (Wildman–Crippen MR) is 50.8 cm³/mol. The summed E-state index contributed by atoms with van der Waals surface area (Å²) in [5.74, 6) is 0. The third-order valence-corrected chi connectivity index (χ3v) is 1.84. The zero-order chi connectivity index (χ0) is 9.68. The molecule has 0 amide bonds. The molecule has 0 fully saturated rings. The van der Waals surface area contributed by atoms with Crippen LogP contribution in [0.5, 0.6) is 0 Å². The summed E-state index contributed by atoms with van der Waals surface area (Å²) in [6, 6.07) is 0. The van der Waals surface area contributed by atoms with Crippen LogP contribution in [0.25, 0.3) is 0 Å². The molecule has 0 bridgehead atoms. The number of hydrogen-bond acceptors (Lipinski definition) is 2. The van der Waals surface area contributed by atoms with Gasteiger partial charge in [-0.25, -0.2) is 4.79 Å². The topological polar surface area (TPSA) is 36.2 Å². The second kappa shape index (κ2) is 4.87. The van der Waals surface area contributed by atoms with Gasteiger partial charge in [-0.1, -0.05) is 6.92 Å². The molecule has 0 aliphatic carbocycles. The van der Waals surface area contributed by atoms with Crippen molar-refractivity contribution >= 4 is 0 Å². The van der Waals surface area contributed by atoms with Gasteiger partial charge in [0.25, 0.3) is 0 Å². The maximum atomic E-state index is 11.3. The Morgan fingerprint density at radius 3 is 2.69 bits per heavy atom. The van der Waals surface area contributed by atoms with Crippen LogP contribution < -0.4 is 5.69 Å². The summed E-state index contributed by atoms with van der Waals surface area (Å²) in [6.45, 7) is 4.08. The van der Waals surface area contributed by atoms with Crippen LogP contribution >= 0.6 is 0 Å². The number of hydrogen-bond donors (Lipinski definition) is 0. The molecule has 0 aliphatic heterocycles. The molecule has 0 N–H and O–H groups in total. The Morgan fingerprint density at radius 2 is 2.15 bits per heavy atom. The number of imidazole rings is 1. The summed E-state index contributed by atoms with van der Waals surface area (Å²) in [5, 5.41) is 0. The summed E-state index contributed by atoms with van der Waals surface area (Å²) in [5.41, 5.74) is 0.0140. The van der Waals surface area contributed by atoms with Crippen LogP contribution in [0.1, 0.15) is 13.3 Å². The molecule has 4 heteroatoms. The minimum atomic E-state index is 0.0140. The molecule has 0 aliphatic rings. The standard InChI is InChI=1S/C9H16N2O2/c1-3-7-13-8-6-11-5-4-10(2)9(11)12/h4-5H,3,6-8H2,1-2H3. The van der Waals surface area contributed by atoms with E-state index in [0.717, 1.165) is 13.0 Å². The highest BCUT2D eigenvalue weighted by Gasteiger charge is 1.97. The van der Waals surface area contributed by atoms with Crippen molar-refractivity contribution < 1.29 is 4.74 Å². The van der Waals surface area contributed by atoms with Gasteiger partial charge in [-0.3, -0.25) is 4.57 Å². The smallest absolute Gasteiger partial charge is 0.327 e. The summed E-state index contributed by atoms with van der Waals surface area (Å²) in [6.07, 6.45) is 4.55. The fourth-order valence-electron chi connectivity index (χ4n) is 1.09. The maximum absolute atomic E-state index is 11.3. The van der Waals surface area contributed by atoms with Crippen molar-refractivity contribution in [3.8, 4) is 0 Å². The van der Waals surface area contributed by atoms with E-state index in [4.69, 9.17) is 4.74 Å². The fourth-order valence-corrected chi connectivity index (χ4v) is 1.09. The summed E-state index contributed by atoms with van der Waals surface area (Å²) in [4.78, 5) is 11.3. The van der Waals surface area contributed by atoms with Gasteiger partial charge in [-0.15, -0.1) is 0 Å². The van der Waals surface area contributed by atoms with Crippen molar-refractivity contribution in [2.24, 2.45) is 7.05 Å². The van der Waals surface area contributed by atoms with Gasteiger partial charge in [-0.2, -0.15) is 0 Å². The SMILES string of the molecule is CCCOCCn1ccn(C)c1=O. The molecule has 0 atom stereocenters. The van der Waals surface area contributed by atoms with Gasteiger partial charge in [0.05, 0.1) is 13.2 Å². The van der Waals surface area contributed by atoms with Crippen molar-refractivity contribution in [2.45, 2.75) is 19.9 Å². The normalized spacial score (nSPS) is 10.6. The summed E-state index contributed by atoms with van der Waals surface area (Å²) < 4.78 is 8.49. The van der Waals surface area contributed by atoms with Crippen LogP contribution in [0.2, 0.25) is 0 Å². The lowest BCUT2D eigenvalue weighted by Crippen LogP contribution is -2.23. The number of nitrogens with zero attached hydrogens (tertiary/aromatic N) is 2. The molecule has 1 aromatic heterocycles. The van der Waals surface area contributed by atoms with Crippen LogP contribution in [0, 0.1) is 0 Å². The largest absolute Gasteiger partial charge is 0.380 e. The zero-order valence-electron chi connectivity index (χ0n) is 8.19. The quantitative estimate of drug-likeness (QED) is 0.629. The van der Waals surface area contributed by atoms with Crippen molar-refractivity contribution in [1.82, 2.24) is 9.13 Å². The molecule has 4 nitrogen and oxygen atoms in total. The predicted octanol–water partition coefficient (Wildman–Crippen LogP) is 0.613. The highest BCUT2D eigenvalue weighted by Crippen LogP contribution is 1.85. The van der Waals surface area contributed by atoms with E-state index in [9.17, 15) is 4.79 Å². The minimum Gasteiger partial charge on any atom is -0.380 e. The summed E-state index contributed by atoms with van der Waals surface area (Å²) in [7, 11) is 1.74. The first-order valence-electron chi connectivity index (χ1n) is 4.55. The van der Waals surface area contributed by atoms with E-state index in [-0.39, 0.29) is 5.69 Å². The van der Waals surface area contributed by atoms with E-state index in [1.807, 2.05) is 0 Å². The van der Waals surface area contributed by atoms with Crippen LogP contribution in [0.4, 0.5) is 0 Å². The molecule has 1 aromatic rings. The molecule has 1 rings (SSSR count). The van der Waals surface area contributed by atoms with Crippen LogP contribution in [0.3, 0.4) is 0 Å². The molecule has 0 aromatic carbocycles. The number of aryl methyl sites for hydroxylation is 1. The van der Waals surface area contributed by atoms with E-state index in [2.05, 4.69) is 6.92 Å². The molecule has 0 saturated carbocycles. The van der Waals surface area contributed by atoms with Crippen LogP contribution in [-0.4, -0.2) is 22.3 Å². The Kier molecular flexibility index (Phi) is 3.76. The molecule has 0 unspecified atom stereocenters. The number of rotatable bonds is 5. The summed E-state index contributed by atoms with van der Waals surface area (Å²) >= 11 is 0. The first kappa shape index (κ1) is 10.1. The third kappa shape index (κ3) is 2.73. The fraction of sp³-hybridized carbons (Fsp3) is 0.667. The maximum Gasteiger partial charge on any atom is 0.327 e. The van der Waals surface area contributed by atoms with Crippen molar-refractivity contribution in [2.75, 3.05) is 13.2 Å². The van der Waals surface area contributed by atoms with Crippen molar-refractivity contribution in [3.05, 3.63) is 22.9 Å². The number of aromatic nitrogens is 2. The number of ether oxygens (including phenoxy) is 1. The van der Waals surface area contributed by atoms with Gasteiger partial charge in [0.2, 0.25) is 0 Å². The lowest BCUT2D eigenvalue weighted by atomic mass is 10.5. The van der Waals surface area contributed by atoms with Gasteiger partial charge in [0, 0.05) is 26.0 Å². The van der Waals surface area contributed by atoms with Crippen LogP contribution in [-0.2, 0) is 18.3 Å². The highest BCUT2D eigenvalue weighted by atomic mass is 16.5. The first-order valence-corrected chi connectivity index (χ1v) is 4.55. The van der Waals surface area contributed by atoms with Crippen molar-refractivity contribution in [1.29, 1.82) is 0 Å². The van der Waals surface area contributed by atoms with E-state index < -0.39 is 0 Å². The Bertz CT molecular complexity index is 301. The molecule has 0 saturated heterocycles. The van der Waals surface area contributed by atoms with Gasteiger partial charge >= 0.3 is 5.69 Å². The zero-order valence-corrected chi connectivity index (χ0v) is 8.19. The Morgan fingerprint density at radius 1 is 1.38 bits per heavy atom. The molecule has 0 radical (unpaired) electrons. The van der Waals surface area contributed by atoms with Gasteiger partial charge < -0.3 is 9.30 Å². The van der Waals surface area contributed by atoms with E-state index in [1.165, 1.54) is 0 Å². The molecular weight excluding hydrogens is 168 g/mol. The first-order chi connectivity index (χ1) is 6.25. The second-order valence-electron chi connectivity index (χ2n) is 3.00. The average molecular weight is 184 g/mol. The molecule has 74 valence electrons. The van der Waals surface area contributed by atoms with E-state index in [0.29, 0.717) is 13.2 Å². The minimum absolute atomic E-state index is 0.0140. The monoisotopic (exact) mass is 184 g/mol. The lowest BCUT2D eigenvalue weighted by Gasteiger charge is -2.01. The average Bonchev–Trinajstić information content (AvgIpc) is 2.43. The van der Waals surface area contributed by atoms with Gasteiger partial charge in [0.1, 0.15) is 0 Å². The molecule has 1 heterocycles.